The predicted molar refractivity (Wildman–Crippen MR) is 53.3 cm³/mol. The molecule has 0 spiro atoms. The minimum absolute atomic E-state index is 0.375. The van der Waals surface area contributed by atoms with E-state index < -0.39 is 10.1 Å². The third kappa shape index (κ3) is 2.10. The highest BCUT2D eigenvalue weighted by atomic mass is 32.2. The van der Waals surface area contributed by atoms with Crippen LogP contribution in [0.25, 0.3) is 10.9 Å². The van der Waals surface area contributed by atoms with E-state index in [0.29, 0.717) is 10.9 Å². The lowest BCUT2D eigenvalue weighted by molar-refractivity contribution is 0.296. The van der Waals surface area contributed by atoms with E-state index in [-0.39, 0.29) is 5.82 Å². The molecular weight excluding hydrogens is 221 g/mol. The van der Waals surface area contributed by atoms with Crippen molar-refractivity contribution in [1.29, 1.82) is 0 Å². The van der Waals surface area contributed by atoms with Crippen LogP contribution < -0.4 is 4.28 Å². The van der Waals surface area contributed by atoms with E-state index in [1.54, 1.807) is 6.07 Å². The van der Waals surface area contributed by atoms with E-state index in [9.17, 15) is 12.8 Å². The van der Waals surface area contributed by atoms with Gasteiger partial charge in [-0.3, -0.25) is 4.28 Å². The number of aromatic nitrogens is 1. The molecule has 0 fully saturated rings. The Morgan fingerprint density at radius 3 is 2.73 bits per heavy atom. The van der Waals surface area contributed by atoms with Crippen LogP contribution in [0, 0.1) is 5.82 Å². The average Bonchev–Trinajstić information content (AvgIpc) is 2.45. The molecule has 2 aromatic rings. The second-order valence-corrected chi connectivity index (χ2v) is 4.68. The summed E-state index contributed by atoms with van der Waals surface area (Å²) in [7, 11) is -3.58. The molecule has 0 radical (unpaired) electrons. The van der Waals surface area contributed by atoms with Gasteiger partial charge in [-0.1, -0.05) is 0 Å². The highest BCUT2D eigenvalue weighted by Crippen LogP contribution is 2.16. The first-order chi connectivity index (χ1) is 6.96. The minimum atomic E-state index is -3.58. The number of halogens is 1. The fraction of sp³-hybridized carbons (Fsp3) is 0.111. The fourth-order valence-electron chi connectivity index (χ4n) is 1.30. The molecule has 0 saturated heterocycles. The third-order valence-corrected chi connectivity index (χ3v) is 2.26. The van der Waals surface area contributed by atoms with Gasteiger partial charge in [0.05, 0.1) is 11.8 Å². The Balaban J connectivity index is 2.55. The van der Waals surface area contributed by atoms with Gasteiger partial charge < -0.3 is 0 Å². The van der Waals surface area contributed by atoms with Gasteiger partial charge in [0.1, 0.15) is 5.82 Å². The highest BCUT2D eigenvalue weighted by molar-refractivity contribution is 7.86. The largest absolute Gasteiger partial charge is 0.324 e. The molecular formula is C9H8FNO3S. The van der Waals surface area contributed by atoms with E-state index in [1.807, 2.05) is 0 Å². The normalized spacial score (nSPS) is 11.9. The summed E-state index contributed by atoms with van der Waals surface area (Å²) >= 11 is 0. The molecule has 15 heavy (non-hydrogen) atoms. The van der Waals surface area contributed by atoms with Gasteiger partial charge in [0.25, 0.3) is 0 Å². The summed E-state index contributed by atoms with van der Waals surface area (Å²) in [6, 6.07) is 5.57. The maximum absolute atomic E-state index is 12.8. The Labute approximate surface area is 86.0 Å². The molecule has 0 N–H and O–H groups in total. The molecule has 6 heteroatoms. The van der Waals surface area contributed by atoms with Crippen LogP contribution in [-0.2, 0) is 10.1 Å². The zero-order chi connectivity index (χ0) is 11.1. The van der Waals surface area contributed by atoms with Crippen molar-refractivity contribution < 1.29 is 17.1 Å². The van der Waals surface area contributed by atoms with Crippen molar-refractivity contribution in [2.45, 2.75) is 0 Å². The molecule has 2 rings (SSSR count). The van der Waals surface area contributed by atoms with Crippen molar-refractivity contribution in [3.05, 3.63) is 36.3 Å². The van der Waals surface area contributed by atoms with Crippen LogP contribution in [0.1, 0.15) is 0 Å². The van der Waals surface area contributed by atoms with Crippen molar-refractivity contribution in [3.8, 4) is 0 Å². The van der Waals surface area contributed by atoms with E-state index in [1.165, 1.54) is 24.4 Å². The van der Waals surface area contributed by atoms with Crippen LogP contribution in [0.5, 0.6) is 0 Å². The van der Waals surface area contributed by atoms with Gasteiger partial charge in [0, 0.05) is 11.6 Å². The Kier molecular flexibility index (Phi) is 2.15. The maximum atomic E-state index is 12.8. The first-order valence-electron chi connectivity index (χ1n) is 4.12. The number of hydrogen-bond donors (Lipinski definition) is 0. The van der Waals surface area contributed by atoms with Crippen LogP contribution in [0.3, 0.4) is 0 Å². The second kappa shape index (κ2) is 3.23. The predicted octanol–water partition coefficient (Wildman–Crippen LogP) is 1.17. The summed E-state index contributed by atoms with van der Waals surface area (Å²) in [5.41, 5.74) is 0.502. The smallest absolute Gasteiger partial charge is 0.288 e. The van der Waals surface area contributed by atoms with Crippen LogP contribution in [0.2, 0.25) is 0 Å². The molecule has 1 aromatic heterocycles. The van der Waals surface area contributed by atoms with Gasteiger partial charge in [0.2, 0.25) is 0 Å². The van der Waals surface area contributed by atoms with E-state index in [4.69, 9.17) is 0 Å². The quantitative estimate of drug-likeness (QED) is 0.776. The fourth-order valence-corrected chi connectivity index (χ4v) is 1.72. The van der Waals surface area contributed by atoms with E-state index in [2.05, 4.69) is 4.28 Å². The number of benzene rings is 1. The maximum Gasteiger partial charge on any atom is 0.324 e. The number of nitrogens with zero attached hydrogens (tertiary/aromatic N) is 1. The van der Waals surface area contributed by atoms with Gasteiger partial charge in [-0.25, -0.2) is 4.39 Å². The molecule has 0 aliphatic rings. The monoisotopic (exact) mass is 229 g/mol. The Bertz CT molecular complexity index is 603. The standard InChI is InChI=1S/C9H8FNO3S/c1-15(12,13)14-11-5-4-7-6-8(10)2-3-9(7)11/h2-6H,1H3. The van der Waals surface area contributed by atoms with Crippen molar-refractivity contribution in [2.75, 3.05) is 6.26 Å². The van der Waals surface area contributed by atoms with Crippen LogP contribution >= 0.6 is 0 Å². The summed E-state index contributed by atoms with van der Waals surface area (Å²) in [5.74, 6) is -0.375. The Hall–Kier alpha value is -1.56. The number of hydrogen-bond acceptors (Lipinski definition) is 3. The van der Waals surface area contributed by atoms with Gasteiger partial charge >= 0.3 is 10.1 Å². The van der Waals surface area contributed by atoms with Crippen LogP contribution in [0.4, 0.5) is 4.39 Å². The lowest BCUT2D eigenvalue weighted by Crippen LogP contribution is -2.17. The molecule has 0 unspecified atom stereocenters. The van der Waals surface area contributed by atoms with Crippen molar-refractivity contribution in [3.63, 3.8) is 0 Å². The number of rotatable bonds is 2. The van der Waals surface area contributed by atoms with E-state index >= 15 is 0 Å². The summed E-state index contributed by atoms with van der Waals surface area (Å²) in [6.45, 7) is 0. The van der Waals surface area contributed by atoms with Crippen molar-refractivity contribution >= 4 is 21.0 Å². The molecule has 0 aliphatic carbocycles. The molecule has 0 bridgehead atoms. The SMILES string of the molecule is CS(=O)(=O)On1ccc2cc(F)ccc21. The summed E-state index contributed by atoms with van der Waals surface area (Å²) in [4.78, 5) is 0. The molecule has 0 atom stereocenters. The first-order valence-corrected chi connectivity index (χ1v) is 5.94. The summed E-state index contributed by atoms with van der Waals surface area (Å²) in [5, 5.41) is 0.582. The van der Waals surface area contributed by atoms with Crippen molar-refractivity contribution in [2.24, 2.45) is 0 Å². The van der Waals surface area contributed by atoms with Crippen molar-refractivity contribution in [1.82, 2.24) is 4.73 Å². The van der Waals surface area contributed by atoms with Crippen LogP contribution in [0.15, 0.2) is 30.5 Å². The molecule has 80 valence electrons. The molecule has 4 nitrogen and oxygen atoms in total. The van der Waals surface area contributed by atoms with Gasteiger partial charge in [0.15, 0.2) is 0 Å². The highest BCUT2D eigenvalue weighted by Gasteiger charge is 2.07. The lowest BCUT2D eigenvalue weighted by atomic mass is 10.2. The summed E-state index contributed by atoms with van der Waals surface area (Å²) in [6.07, 6.45) is 2.37. The second-order valence-electron chi connectivity index (χ2n) is 3.12. The van der Waals surface area contributed by atoms with Gasteiger partial charge in [-0.05, 0) is 24.3 Å². The average molecular weight is 229 g/mol. The molecule has 0 amide bonds. The topological polar surface area (TPSA) is 48.3 Å². The van der Waals surface area contributed by atoms with Gasteiger partial charge in [-0.2, -0.15) is 13.1 Å². The number of fused-ring (bicyclic) bond motifs is 1. The van der Waals surface area contributed by atoms with E-state index in [0.717, 1.165) is 11.0 Å². The van der Waals surface area contributed by atoms with Crippen LogP contribution in [-0.4, -0.2) is 19.4 Å². The Morgan fingerprint density at radius 1 is 1.33 bits per heavy atom. The summed E-state index contributed by atoms with van der Waals surface area (Å²) < 4.78 is 40.3. The zero-order valence-electron chi connectivity index (χ0n) is 7.84. The first kappa shape index (κ1) is 9.97. The zero-order valence-corrected chi connectivity index (χ0v) is 8.66. The molecule has 0 saturated carbocycles. The molecule has 1 aromatic carbocycles. The minimum Gasteiger partial charge on any atom is -0.288 e. The lowest BCUT2D eigenvalue weighted by Gasteiger charge is -2.03. The third-order valence-electron chi connectivity index (χ3n) is 1.83. The molecule has 0 aliphatic heterocycles. The Morgan fingerprint density at radius 2 is 2.07 bits per heavy atom. The van der Waals surface area contributed by atoms with Gasteiger partial charge in [-0.15, -0.1) is 0 Å². The molecule has 1 heterocycles.